The van der Waals surface area contributed by atoms with Gasteiger partial charge >= 0.3 is 0 Å². The fourth-order valence-corrected chi connectivity index (χ4v) is 5.40. The van der Waals surface area contributed by atoms with Crippen molar-refractivity contribution in [3.05, 3.63) is 58.9 Å². The Kier molecular flexibility index (Phi) is 6.77. The van der Waals surface area contributed by atoms with Gasteiger partial charge in [0.25, 0.3) is 5.91 Å². The average Bonchev–Trinajstić information content (AvgIpc) is 2.74. The van der Waals surface area contributed by atoms with E-state index < -0.39 is 15.8 Å². The molecule has 0 unspecified atom stereocenters. The molecule has 1 aliphatic rings. The first-order valence-electron chi connectivity index (χ1n) is 9.92. The van der Waals surface area contributed by atoms with Crippen molar-refractivity contribution in [3.63, 3.8) is 0 Å². The lowest BCUT2D eigenvalue weighted by molar-refractivity contribution is 0.0784. The van der Waals surface area contributed by atoms with E-state index in [0.717, 1.165) is 19.3 Å². The Labute approximate surface area is 177 Å². The molecule has 1 heterocycles. The summed E-state index contributed by atoms with van der Waals surface area (Å²) in [6.07, 6.45) is 2.72. The van der Waals surface area contributed by atoms with Gasteiger partial charge in [-0.15, -0.1) is 0 Å². The molecule has 0 radical (unpaired) electrons. The molecule has 8 heteroatoms. The van der Waals surface area contributed by atoms with E-state index >= 15 is 0 Å². The fourth-order valence-electron chi connectivity index (χ4n) is 3.63. The number of piperidine rings is 1. The predicted octanol–water partition coefficient (Wildman–Crippen LogP) is 3.59. The van der Waals surface area contributed by atoms with Gasteiger partial charge in [0, 0.05) is 32.2 Å². The van der Waals surface area contributed by atoms with Gasteiger partial charge in [-0.1, -0.05) is 18.6 Å². The Bertz CT molecular complexity index is 1030. The van der Waals surface area contributed by atoms with E-state index in [0.29, 0.717) is 24.2 Å². The number of carbonyl (C=O) groups is 1. The van der Waals surface area contributed by atoms with Gasteiger partial charge in [0.1, 0.15) is 0 Å². The number of hydrogen-bond donors (Lipinski definition) is 0. The normalized spacial score (nSPS) is 15.1. The van der Waals surface area contributed by atoms with Gasteiger partial charge in [0.15, 0.2) is 11.6 Å². The Morgan fingerprint density at radius 3 is 2.47 bits per heavy atom. The van der Waals surface area contributed by atoms with Crippen molar-refractivity contribution in [3.8, 4) is 5.75 Å². The Balaban J connectivity index is 1.82. The van der Waals surface area contributed by atoms with Crippen molar-refractivity contribution in [2.75, 3.05) is 27.2 Å². The summed E-state index contributed by atoms with van der Waals surface area (Å²) in [5, 5.41) is 0. The van der Waals surface area contributed by atoms with Crippen molar-refractivity contribution in [1.82, 2.24) is 9.21 Å². The van der Waals surface area contributed by atoms with Crippen molar-refractivity contribution < 1.29 is 22.3 Å². The number of rotatable bonds is 6. The summed E-state index contributed by atoms with van der Waals surface area (Å²) in [6.45, 7) is 2.92. The molecule has 1 fully saturated rings. The predicted molar refractivity (Wildman–Crippen MR) is 113 cm³/mol. The molecule has 0 aromatic heterocycles. The van der Waals surface area contributed by atoms with Crippen LogP contribution in [-0.2, 0) is 16.6 Å². The van der Waals surface area contributed by atoms with E-state index in [1.807, 2.05) is 0 Å². The molecule has 0 spiro atoms. The first-order valence-corrected chi connectivity index (χ1v) is 11.4. The molecular formula is C22H27FN2O4S. The SMILES string of the molecule is COc1ccc(CN(C)C(=O)c2ccc(C)c(S(=O)(=O)N3CCCCC3)c2)cc1F. The Morgan fingerprint density at radius 1 is 1.13 bits per heavy atom. The van der Waals surface area contributed by atoms with E-state index in [1.165, 1.54) is 34.5 Å². The van der Waals surface area contributed by atoms with Crippen LogP contribution in [0.4, 0.5) is 4.39 Å². The minimum atomic E-state index is -3.65. The highest BCUT2D eigenvalue weighted by Crippen LogP contribution is 2.25. The molecule has 0 N–H and O–H groups in total. The standard InChI is InChI=1S/C22H27FN2O4S/c1-16-7-9-18(14-21(16)30(27,28)25-11-5-4-6-12-25)22(26)24(2)15-17-8-10-20(29-3)19(23)13-17/h7-10,13-14H,4-6,11-12,15H2,1-3H3. The number of hydrogen-bond acceptors (Lipinski definition) is 4. The number of nitrogens with zero attached hydrogens (tertiary/aromatic N) is 2. The van der Waals surface area contributed by atoms with Crippen molar-refractivity contribution in [2.45, 2.75) is 37.6 Å². The maximum Gasteiger partial charge on any atom is 0.253 e. The molecule has 3 rings (SSSR count). The molecule has 1 saturated heterocycles. The molecule has 0 aliphatic carbocycles. The van der Waals surface area contributed by atoms with Crippen LogP contribution >= 0.6 is 0 Å². The second-order valence-corrected chi connectivity index (χ2v) is 9.48. The van der Waals surface area contributed by atoms with Crippen LogP contribution in [0.2, 0.25) is 0 Å². The van der Waals surface area contributed by atoms with Crippen LogP contribution in [0.25, 0.3) is 0 Å². The third kappa shape index (κ3) is 4.65. The van der Waals surface area contributed by atoms with Gasteiger partial charge in [-0.2, -0.15) is 4.31 Å². The zero-order chi connectivity index (χ0) is 21.9. The highest BCUT2D eigenvalue weighted by Gasteiger charge is 2.28. The quantitative estimate of drug-likeness (QED) is 0.697. The van der Waals surface area contributed by atoms with Crippen LogP contribution in [0.3, 0.4) is 0 Å². The number of sulfonamides is 1. The zero-order valence-electron chi connectivity index (χ0n) is 17.5. The third-order valence-corrected chi connectivity index (χ3v) is 7.39. The van der Waals surface area contributed by atoms with Crippen LogP contribution in [0.5, 0.6) is 5.75 Å². The fraction of sp³-hybridized carbons (Fsp3) is 0.409. The highest BCUT2D eigenvalue weighted by atomic mass is 32.2. The van der Waals surface area contributed by atoms with Gasteiger partial charge in [0.2, 0.25) is 10.0 Å². The number of amides is 1. The van der Waals surface area contributed by atoms with E-state index in [4.69, 9.17) is 4.74 Å². The van der Waals surface area contributed by atoms with Gasteiger partial charge in [0.05, 0.1) is 12.0 Å². The number of carbonyl (C=O) groups excluding carboxylic acids is 1. The summed E-state index contributed by atoms with van der Waals surface area (Å²) in [5.41, 5.74) is 1.50. The van der Waals surface area contributed by atoms with Crippen LogP contribution < -0.4 is 4.74 Å². The summed E-state index contributed by atoms with van der Waals surface area (Å²) in [7, 11) is -0.658. The van der Waals surface area contributed by atoms with Crippen molar-refractivity contribution in [2.24, 2.45) is 0 Å². The maximum atomic E-state index is 13.9. The van der Waals surface area contributed by atoms with Gasteiger partial charge < -0.3 is 9.64 Å². The maximum absolute atomic E-state index is 13.9. The molecule has 2 aromatic carbocycles. The lowest BCUT2D eigenvalue weighted by Gasteiger charge is -2.27. The topological polar surface area (TPSA) is 66.9 Å². The molecule has 2 aromatic rings. The summed E-state index contributed by atoms with van der Waals surface area (Å²) >= 11 is 0. The zero-order valence-corrected chi connectivity index (χ0v) is 18.3. The molecule has 6 nitrogen and oxygen atoms in total. The molecular weight excluding hydrogens is 407 g/mol. The molecule has 0 saturated carbocycles. The number of aryl methyl sites for hydroxylation is 1. The van der Waals surface area contributed by atoms with E-state index in [2.05, 4.69) is 0 Å². The van der Waals surface area contributed by atoms with Crippen LogP contribution in [0.15, 0.2) is 41.3 Å². The van der Waals surface area contributed by atoms with Gasteiger partial charge in [-0.25, -0.2) is 12.8 Å². The number of methoxy groups -OCH3 is 1. The van der Waals surface area contributed by atoms with Crippen LogP contribution in [-0.4, -0.2) is 50.8 Å². The van der Waals surface area contributed by atoms with Crippen LogP contribution in [0.1, 0.15) is 40.7 Å². The first-order chi connectivity index (χ1) is 14.2. The number of ether oxygens (including phenoxy) is 1. The van der Waals surface area contributed by atoms with E-state index in [9.17, 15) is 17.6 Å². The molecule has 1 aliphatic heterocycles. The minimum Gasteiger partial charge on any atom is -0.494 e. The first kappa shape index (κ1) is 22.2. The van der Waals surface area contributed by atoms with Crippen LogP contribution in [0, 0.1) is 12.7 Å². The summed E-state index contributed by atoms with van der Waals surface area (Å²) in [6, 6.07) is 9.25. The summed E-state index contributed by atoms with van der Waals surface area (Å²) < 4.78 is 46.5. The summed E-state index contributed by atoms with van der Waals surface area (Å²) in [5.74, 6) is -0.693. The second kappa shape index (κ2) is 9.14. The van der Waals surface area contributed by atoms with Gasteiger partial charge in [-0.05, 0) is 55.2 Å². The largest absolute Gasteiger partial charge is 0.494 e. The van der Waals surface area contributed by atoms with Crippen molar-refractivity contribution >= 4 is 15.9 Å². The molecule has 1 amide bonds. The molecule has 0 atom stereocenters. The minimum absolute atomic E-state index is 0.138. The monoisotopic (exact) mass is 434 g/mol. The molecule has 0 bridgehead atoms. The smallest absolute Gasteiger partial charge is 0.253 e. The van der Waals surface area contributed by atoms with E-state index in [1.54, 1.807) is 32.2 Å². The second-order valence-electron chi connectivity index (χ2n) is 7.58. The average molecular weight is 435 g/mol. The lowest BCUT2D eigenvalue weighted by atomic mass is 10.1. The Hall–Kier alpha value is -2.45. The van der Waals surface area contributed by atoms with Crippen molar-refractivity contribution in [1.29, 1.82) is 0 Å². The van der Waals surface area contributed by atoms with Gasteiger partial charge in [-0.3, -0.25) is 4.79 Å². The molecule has 30 heavy (non-hydrogen) atoms. The molecule has 162 valence electrons. The number of halogens is 1. The summed E-state index contributed by atoms with van der Waals surface area (Å²) in [4.78, 5) is 14.5. The Morgan fingerprint density at radius 2 is 1.83 bits per heavy atom. The van der Waals surface area contributed by atoms with E-state index in [-0.39, 0.29) is 28.7 Å². The highest BCUT2D eigenvalue weighted by molar-refractivity contribution is 7.89. The lowest BCUT2D eigenvalue weighted by Crippen LogP contribution is -2.36. The third-order valence-electron chi connectivity index (χ3n) is 5.35. The number of benzene rings is 2.